The number of carboxylic acids is 1. The maximum absolute atomic E-state index is 10.0. The van der Waals surface area contributed by atoms with E-state index in [0.29, 0.717) is 0 Å². The first-order valence-electron chi connectivity index (χ1n) is 2.49. The number of carboxylic acid groups (broad SMARTS) is 1. The molecule has 0 aliphatic rings. The number of rotatable bonds is 2. The fourth-order valence-electron chi connectivity index (χ4n) is 0.493. The molecule has 6 heteroatoms. The van der Waals surface area contributed by atoms with E-state index in [4.69, 9.17) is 10.2 Å². The molecule has 0 aliphatic carbocycles. The maximum Gasteiger partial charge on any atom is 0.325 e. The Bertz CT molecular complexity index is 244. The third-order valence-corrected chi connectivity index (χ3v) is 0.882. The number of nitrogens with zero attached hydrogens (tertiary/aromatic N) is 3. The quantitative estimate of drug-likeness (QED) is 0.558. The predicted molar refractivity (Wildman–Crippen MR) is 29.3 cm³/mol. The molecule has 0 amide bonds. The van der Waals surface area contributed by atoms with Crippen molar-refractivity contribution in [3.05, 3.63) is 6.20 Å². The Hall–Kier alpha value is -1.59. The van der Waals surface area contributed by atoms with Crippen LogP contribution >= 0.6 is 0 Å². The largest absolute Gasteiger partial charge is 0.492 e. The molecule has 0 fully saturated rings. The minimum atomic E-state index is -1.07. The minimum Gasteiger partial charge on any atom is -0.492 e. The van der Waals surface area contributed by atoms with Gasteiger partial charge in [-0.15, -0.1) is 5.10 Å². The van der Waals surface area contributed by atoms with Crippen molar-refractivity contribution >= 4 is 5.97 Å². The lowest BCUT2D eigenvalue weighted by Gasteiger charge is -1.93. The zero-order chi connectivity index (χ0) is 7.56. The van der Waals surface area contributed by atoms with Crippen molar-refractivity contribution in [2.75, 3.05) is 0 Å². The summed E-state index contributed by atoms with van der Waals surface area (Å²) >= 11 is 0. The Labute approximate surface area is 55.7 Å². The highest BCUT2D eigenvalue weighted by Gasteiger charge is 2.04. The highest BCUT2D eigenvalue weighted by Crippen LogP contribution is 2.01. The molecule has 0 aromatic carbocycles. The molecular weight excluding hydrogens is 138 g/mol. The van der Waals surface area contributed by atoms with Gasteiger partial charge in [-0.25, -0.2) is 4.68 Å². The summed E-state index contributed by atoms with van der Waals surface area (Å²) in [7, 11) is 0. The van der Waals surface area contributed by atoms with Gasteiger partial charge in [-0.1, -0.05) is 5.21 Å². The highest BCUT2D eigenvalue weighted by molar-refractivity contribution is 5.66. The molecule has 1 rings (SSSR count). The van der Waals surface area contributed by atoms with Crippen LogP contribution in [0.2, 0.25) is 0 Å². The summed E-state index contributed by atoms with van der Waals surface area (Å²) in [6, 6.07) is 0. The second kappa shape index (κ2) is 2.34. The molecule has 1 aromatic rings. The predicted octanol–water partition coefficient (Wildman–Crippen LogP) is -0.932. The molecule has 10 heavy (non-hydrogen) atoms. The van der Waals surface area contributed by atoms with E-state index < -0.39 is 5.97 Å². The molecule has 0 radical (unpaired) electrons. The third-order valence-electron chi connectivity index (χ3n) is 0.882. The summed E-state index contributed by atoms with van der Waals surface area (Å²) in [6.45, 7) is -0.369. The first-order valence-corrected chi connectivity index (χ1v) is 2.49. The van der Waals surface area contributed by atoms with Crippen molar-refractivity contribution in [1.82, 2.24) is 15.0 Å². The van der Waals surface area contributed by atoms with Crippen molar-refractivity contribution in [1.29, 1.82) is 0 Å². The summed E-state index contributed by atoms with van der Waals surface area (Å²) in [6.07, 6.45) is 1.07. The number of aliphatic carboxylic acids is 1. The fourth-order valence-corrected chi connectivity index (χ4v) is 0.493. The number of carbonyl (C=O) groups is 1. The van der Waals surface area contributed by atoms with Crippen LogP contribution in [0.5, 0.6) is 5.88 Å². The van der Waals surface area contributed by atoms with Crippen LogP contribution in [0.15, 0.2) is 6.20 Å². The molecular formula is C4H5N3O3. The first-order chi connectivity index (χ1) is 4.70. The zero-order valence-corrected chi connectivity index (χ0v) is 4.93. The molecule has 54 valence electrons. The molecule has 0 saturated heterocycles. The number of aromatic hydroxyl groups is 1. The van der Waals surface area contributed by atoms with E-state index in [9.17, 15) is 4.79 Å². The van der Waals surface area contributed by atoms with Crippen molar-refractivity contribution in [3.8, 4) is 5.88 Å². The number of hydrogen-bond donors (Lipinski definition) is 2. The second-order valence-corrected chi connectivity index (χ2v) is 1.64. The van der Waals surface area contributed by atoms with Crippen molar-refractivity contribution in [3.63, 3.8) is 0 Å². The fraction of sp³-hybridized carbons (Fsp3) is 0.250. The Morgan fingerprint density at radius 1 is 1.80 bits per heavy atom. The van der Waals surface area contributed by atoms with Gasteiger partial charge in [0.2, 0.25) is 5.88 Å². The topological polar surface area (TPSA) is 88.2 Å². The highest BCUT2D eigenvalue weighted by atomic mass is 16.4. The normalized spacial score (nSPS) is 9.60. The molecule has 1 heterocycles. The molecule has 1 aromatic heterocycles. The van der Waals surface area contributed by atoms with Gasteiger partial charge in [0.15, 0.2) is 0 Å². The molecule has 0 saturated carbocycles. The summed E-state index contributed by atoms with van der Waals surface area (Å²) < 4.78 is 0.877. The monoisotopic (exact) mass is 143 g/mol. The van der Waals surface area contributed by atoms with E-state index in [1.54, 1.807) is 0 Å². The molecule has 0 bridgehead atoms. The Kier molecular flexibility index (Phi) is 1.53. The van der Waals surface area contributed by atoms with Crippen LogP contribution in [-0.2, 0) is 11.3 Å². The lowest BCUT2D eigenvalue weighted by Crippen LogP contribution is -2.09. The Morgan fingerprint density at radius 2 is 2.50 bits per heavy atom. The van der Waals surface area contributed by atoms with Crippen LogP contribution in [-0.4, -0.2) is 31.2 Å². The second-order valence-electron chi connectivity index (χ2n) is 1.64. The first kappa shape index (κ1) is 6.53. The average molecular weight is 143 g/mol. The van der Waals surface area contributed by atoms with Crippen LogP contribution in [0, 0.1) is 0 Å². The van der Waals surface area contributed by atoms with Crippen LogP contribution in [0.25, 0.3) is 0 Å². The standard InChI is InChI=1S/C4H5N3O3/c8-3-1-5-6-7(3)2-4(9)10/h1,8H,2H2,(H,9,10). The summed E-state index contributed by atoms with van der Waals surface area (Å²) in [5, 5.41) is 23.6. The van der Waals surface area contributed by atoms with Gasteiger partial charge >= 0.3 is 5.97 Å². The molecule has 0 unspecified atom stereocenters. The van der Waals surface area contributed by atoms with Crippen LogP contribution in [0.4, 0.5) is 0 Å². The lowest BCUT2D eigenvalue weighted by molar-refractivity contribution is -0.138. The van der Waals surface area contributed by atoms with Crippen LogP contribution in [0.1, 0.15) is 0 Å². The Balaban J connectivity index is 2.74. The van der Waals surface area contributed by atoms with E-state index in [-0.39, 0.29) is 12.4 Å². The number of hydrogen-bond acceptors (Lipinski definition) is 4. The zero-order valence-electron chi connectivity index (χ0n) is 4.93. The van der Waals surface area contributed by atoms with E-state index in [1.165, 1.54) is 0 Å². The number of aromatic nitrogens is 3. The third kappa shape index (κ3) is 1.22. The van der Waals surface area contributed by atoms with Crippen LogP contribution < -0.4 is 0 Å². The van der Waals surface area contributed by atoms with E-state index in [1.807, 2.05) is 0 Å². The van der Waals surface area contributed by atoms with Gasteiger partial charge in [0.1, 0.15) is 12.7 Å². The van der Waals surface area contributed by atoms with E-state index >= 15 is 0 Å². The summed E-state index contributed by atoms with van der Waals surface area (Å²) in [5.74, 6) is -1.32. The Morgan fingerprint density at radius 3 is 2.90 bits per heavy atom. The molecule has 6 nitrogen and oxygen atoms in total. The molecule has 2 N–H and O–H groups in total. The van der Waals surface area contributed by atoms with Crippen molar-refractivity contribution in [2.24, 2.45) is 0 Å². The van der Waals surface area contributed by atoms with Gasteiger partial charge in [-0.3, -0.25) is 4.79 Å². The lowest BCUT2D eigenvalue weighted by atomic mass is 10.6. The molecule has 0 spiro atoms. The van der Waals surface area contributed by atoms with E-state index in [0.717, 1.165) is 10.9 Å². The maximum atomic E-state index is 10.0. The van der Waals surface area contributed by atoms with Crippen molar-refractivity contribution < 1.29 is 15.0 Å². The van der Waals surface area contributed by atoms with Gasteiger partial charge in [-0.2, -0.15) is 0 Å². The SMILES string of the molecule is O=C(O)Cn1nncc1O. The van der Waals surface area contributed by atoms with Crippen molar-refractivity contribution in [2.45, 2.75) is 6.54 Å². The van der Waals surface area contributed by atoms with Crippen LogP contribution in [0.3, 0.4) is 0 Å². The summed E-state index contributed by atoms with van der Waals surface area (Å²) in [5.41, 5.74) is 0. The van der Waals surface area contributed by atoms with Gasteiger partial charge < -0.3 is 10.2 Å². The van der Waals surface area contributed by atoms with E-state index in [2.05, 4.69) is 10.3 Å². The van der Waals surface area contributed by atoms with Gasteiger partial charge in [0, 0.05) is 0 Å². The molecule has 0 atom stereocenters. The minimum absolute atomic E-state index is 0.248. The molecule has 0 aliphatic heterocycles. The average Bonchev–Trinajstić information content (AvgIpc) is 2.15. The van der Waals surface area contributed by atoms with Gasteiger partial charge in [0.05, 0.1) is 0 Å². The smallest absolute Gasteiger partial charge is 0.325 e. The summed E-state index contributed by atoms with van der Waals surface area (Å²) in [4.78, 5) is 10.0. The van der Waals surface area contributed by atoms with Gasteiger partial charge in [-0.05, 0) is 0 Å². The van der Waals surface area contributed by atoms with Gasteiger partial charge in [0.25, 0.3) is 0 Å².